The van der Waals surface area contributed by atoms with Crippen molar-refractivity contribution in [3.05, 3.63) is 29.6 Å². The highest BCUT2D eigenvalue weighted by molar-refractivity contribution is 6.01. The zero-order chi connectivity index (χ0) is 15.4. The van der Waals surface area contributed by atoms with Crippen molar-refractivity contribution in [1.29, 1.82) is 0 Å². The minimum absolute atomic E-state index is 0.00262. The molecule has 1 fully saturated rings. The van der Waals surface area contributed by atoms with Gasteiger partial charge in [-0.2, -0.15) is 0 Å². The van der Waals surface area contributed by atoms with E-state index in [2.05, 4.69) is 6.92 Å². The monoisotopic (exact) mass is 293 g/mol. The highest BCUT2D eigenvalue weighted by Gasteiger charge is 2.30. The quantitative estimate of drug-likeness (QED) is 0.758. The van der Waals surface area contributed by atoms with Crippen LogP contribution in [0.5, 0.6) is 5.75 Å². The first-order valence-electron chi connectivity index (χ1n) is 7.19. The number of methoxy groups -OCH3 is 1. The smallest absolute Gasteiger partial charge is 0.223 e. The number of halogens is 1. The molecule has 1 aliphatic heterocycles. The van der Waals surface area contributed by atoms with Gasteiger partial charge in [0, 0.05) is 13.0 Å². The maximum atomic E-state index is 13.3. The molecule has 0 aromatic heterocycles. The molecule has 1 unspecified atom stereocenters. The summed E-state index contributed by atoms with van der Waals surface area (Å²) in [5, 5.41) is 0. The Morgan fingerprint density at radius 1 is 1.48 bits per heavy atom. The second-order valence-electron chi connectivity index (χ2n) is 5.40. The lowest BCUT2D eigenvalue weighted by atomic mass is 10.0. The minimum atomic E-state index is -0.490. The molecule has 0 saturated carbocycles. The maximum absolute atomic E-state index is 13.3. The van der Waals surface area contributed by atoms with Crippen molar-refractivity contribution < 1.29 is 18.7 Å². The molecule has 2 rings (SSSR count). The van der Waals surface area contributed by atoms with Gasteiger partial charge in [-0.3, -0.25) is 9.59 Å². The summed E-state index contributed by atoms with van der Waals surface area (Å²) in [4.78, 5) is 25.8. The van der Waals surface area contributed by atoms with Crippen molar-refractivity contribution in [2.75, 3.05) is 20.2 Å². The van der Waals surface area contributed by atoms with E-state index >= 15 is 0 Å². The Morgan fingerprint density at radius 3 is 2.90 bits per heavy atom. The van der Waals surface area contributed by atoms with E-state index in [9.17, 15) is 14.0 Å². The summed E-state index contributed by atoms with van der Waals surface area (Å²) in [7, 11) is 1.43. The van der Waals surface area contributed by atoms with Crippen LogP contribution in [0.3, 0.4) is 0 Å². The van der Waals surface area contributed by atoms with E-state index in [1.165, 1.54) is 19.2 Å². The Labute approximate surface area is 123 Å². The molecule has 0 spiro atoms. The zero-order valence-corrected chi connectivity index (χ0v) is 12.4. The van der Waals surface area contributed by atoms with Gasteiger partial charge in [-0.15, -0.1) is 0 Å². The summed E-state index contributed by atoms with van der Waals surface area (Å²) in [6.45, 7) is 2.67. The predicted molar refractivity (Wildman–Crippen MR) is 76.9 cm³/mol. The molecule has 1 aromatic carbocycles. The third-order valence-electron chi connectivity index (χ3n) is 3.79. The Morgan fingerprint density at radius 2 is 2.24 bits per heavy atom. The number of likely N-dealkylation sites (tertiary alicyclic amines) is 1. The maximum Gasteiger partial charge on any atom is 0.223 e. The summed E-state index contributed by atoms with van der Waals surface area (Å²) < 4.78 is 18.4. The van der Waals surface area contributed by atoms with Crippen LogP contribution in [0, 0.1) is 11.7 Å². The Kier molecular flexibility index (Phi) is 4.94. The normalized spacial score (nSPS) is 18.1. The second-order valence-corrected chi connectivity index (χ2v) is 5.40. The molecule has 5 heteroatoms. The molecule has 0 aliphatic carbocycles. The molecule has 0 N–H and O–H groups in total. The number of nitrogens with zero attached hydrogens (tertiary/aromatic N) is 1. The molecule has 1 aliphatic rings. The van der Waals surface area contributed by atoms with Gasteiger partial charge in [-0.25, -0.2) is 4.39 Å². The molecule has 1 heterocycles. The van der Waals surface area contributed by atoms with Crippen LogP contribution in [0.2, 0.25) is 0 Å². The van der Waals surface area contributed by atoms with Crippen LogP contribution >= 0.6 is 0 Å². The third-order valence-corrected chi connectivity index (χ3v) is 3.79. The number of carbonyl (C=O) groups is 2. The van der Waals surface area contributed by atoms with Crippen molar-refractivity contribution in [2.45, 2.75) is 26.2 Å². The summed E-state index contributed by atoms with van der Waals surface area (Å²) in [5.41, 5.74) is 0.184. The fourth-order valence-corrected chi connectivity index (χ4v) is 2.77. The van der Waals surface area contributed by atoms with Gasteiger partial charge >= 0.3 is 0 Å². The van der Waals surface area contributed by atoms with Gasteiger partial charge in [-0.05, 0) is 30.5 Å². The minimum Gasteiger partial charge on any atom is -0.496 e. The fraction of sp³-hybridized carbons (Fsp3) is 0.500. The Bertz CT molecular complexity index is 544. The standard InChI is InChI=1S/C16H20FNO3/c1-3-4-11-7-16(20)18(9-11)10-14(19)13-8-12(17)5-6-15(13)21-2/h5-6,8,11H,3-4,7,9-10H2,1-2H3. The van der Waals surface area contributed by atoms with Crippen LogP contribution in [0.25, 0.3) is 0 Å². The van der Waals surface area contributed by atoms with E-state index in [0.29, 0.717) is 24.6 Å². The lowest BCUT2D eigenvalue weighted by Gasteiger charge is -2.16. The lowest BCUT2D eigenvalue weighted by molar-refractivity contribution is -0.127. The van der Waals surface area contributed by atoms with Crippen LogP contribution in [0.1, 0.15) is 36.5 Å². The van der Waals surface area contributed by atoms with Gasteiger partial charge in [0.15, 0.2) is 5.78 Å². The second kappa shape index (κ2) is 6.70. The number of ether oxygens (including phenoxy) is 1. The first-order valence-corrected chi connectivity index (χ1v) is 7.19. The predicted octanol–water partition coefficient (Wildman–Crippen LogP) is 2.67. The van der Waals surface area contributed by atoms with Crippen molar-refractivity contribution in [2.24, 2.45) is 5.92 Å². The number of hydrogen-bond donors (Lipinski definition) is 0. The number of amides is 1. The van der Waals surface area contributed by atoms with Crippen LogP contribution in [0.4, 0.5) is 4.39 Å². The number of carbonyl (C=O) groups excluding carboxylic acids is 2. The number of ketones is 1. The van der Waals surface area contributed by atoms with Gasteiger partial charge in [-0.1, -0.05) is 13.3 Å². The van der Waals surface area contributed by atoms with E-state index < -0.39 is 5.82 Å². The van der Waals surface area contributed by atoms with Gasteiger partial charge < -0.3 is 9.64 Å². The largest absolute Gasteiger partial charge is 0.496 e. The number of rotatable bonds is 6. The summed E-state index contributed by atoms with van der Waals surface area (Å²) >= 11 is 0. The number of hydrogen-bond acceptors (Lipinski definition) is 3. The molecule has 1 saturated heterocycles. The highest BCUT2D eigenvalue weighted by atomic mass is 19.1. The molecule has 0 bridgehead atoms. The fourth-order valence-electron chi connectivity index (χ4n) is 2.77. The van der Waals surface area contributed by atoms with E-state index in [1.54, 1.807) is 4.90 Å². The van der Waals surface area contributed by atoms with Gasteiger partial charge in [0.1, 0.15) is 11.6 Å². The number of benzene rings is 1. The average Bonchev–Trinajstić information content (AvgIpc) is 2.79. The van der Waals surface area contributed by atoms with Crippen LogP contribution in [-0.4, -0.2) is 36.8 Å². The Balaban J connectivity index is 2.08. The summed E-state index contributed by atoms with van der Waals surface area (Å²) in [6, 6.07) is 3.83. The van der Waals surface area contributed by atoms with Crippen molar-refractivity contribution in [3.8, 4) is 5.75 Å². The zero-order valence-electron chi connectivity index (χ0n) is 12.4. The first-order chi connectivity index (χ1) is 10.0. The highest BCUT2D eigenvalue weighted by Crippen LogP contribution is 2.24. The topological polar surface area (TPSA) is 46.6 Å². The van der Waals surface area contributed by atoms with Crippen LogP contribution in [-0.2, 0) is 4.79 Å². The van der Waals surface area contributed by atoms with Crippen molar-refractivity contribution in [3.63, 3.8) is 0 Å². The lowest BCUT2D eigenvalue weighted by Crippen LogP contribution is -2.31. The van der Waals surface area contributed by atoms with Gasteiger partial charge in [0.25, 0.3) is 0 Å². The SMILES string of the molecule is CCCC1CC(=O)N(CC(=O)c2cc(F)ccc2OC)C1. The molecular weight excluding hydrogens is 273 g/mol. The number of Topliss-reactive ketones (excluding diaryl/α,β-unsaturated/α-hetero) is 1. The van der Waals surface area contributed by atoms with Gasteiger partial charge in [0.2, 0.25) is 5.91 Å². The molecule has 1 aromatic rings. The summed E-state index contributed by atoms with van der Waals surface area (Å²) in [6.07, 6.45) is 2.51. The molecule has 4 nitrogen and oxygen atoms in total. The van der Waals surface area contributed by atoms with E-state index in [-0.39, 0.29) is 23.8 Å². The molecule has 1 amide bonds. The third kappa shape index (κ3) is 3.60. The van der Waals surface area contributed by atoms with Crippen LogP contribution in [0.15, 0.2) is 18.2 Å². The van der Waals surface area contributed by atoms with E-state index in [1.807, 2.05) is 0 Å². The molecular formula is C16H20FNO3. The molecule has 1 atom stereocenters. The molecule has 21 heavy (non-hydrogen) atoms. The average molecular weight is 293 g/mol. The van der Waals surface area contributed by atoms with Crippen LogP contribution < -0.4 is 4.74 Å². The van der Waals surface area contributed by atoms with E-state index in [0.717, 1.165) is 18.9 Å². The Hall–Kier alpha value is -1.91. The summed E-state index contributed by atoms with van der Waals surface area (Å²) in [5.74, 6) is -0.132. The molecule has 0 radical (unpaired) electrons. The molecule has 114 valence electrons. The van der Waals surface area contributed by atoms with Crippen molar-refractivity contribution in [1.82, 2.24) is 4.90 Å². The van der Waals surface area contributed by atoms with Gasteiger partial charge in [0.05, 0.1) is 19.2 Å². The van der Waals surface area contributed by atoms with E-state index in [4.69, 9.17) is 4.74 Å². The first kappa shape index (κ1) is 15.5. The van der Waals surface area contributed by atoms with Crippen molar-refractivity contribution >= 4 is 11.7 Å².